The van der Waals surface area contributed by atoms with E-state index in [0.717, 1.165) is 6.07 Å². The summed E-state index contributed by atoms with van der Waals surface area (Å²) in [5.41, 5.74) is 3.20. The van der Waals surface area contributed by atoms with Crippen molar-refractivity contribution >= 4 is 11.7 Å². The third-order valence-corrected chi connectivity index (χ3v) is 1.77. The van der Waals surface area contributed by atoms with E-state index in [4.69, 9.17) is 0 Å². The van der Waals surface area contributed by atoms with E-state index in [9.17, 15) is 18.0 Å². The molecule has 0 aliphatic rings. The monoisotopic (exact) mass is 233 g/mol. The first-order valence-electron chi connectivity index (χ1n) is 4.35. The fraction of sp³-hybridized carbons (Fsp3) is 0.222. The lowest BCUT2D eigenvalue weighted by Gasteiger charge is -2.14. The molecule has 0 saturated carbocycles. The van der Waals surface area contributed by atoms with Crippen LogP contribution >= 0.6 is 0 Å². The molecule has 7 heteroatoms. The second-order valence-electron chi connectivity index (χ2n) is 2.87. The Balaban J connectivity index is 2.84. The minimum Gasteiger partial charge on any atom is -0.340 e. The van der Waals surface area contributed by atoms with Crippen LogP contribution in [0, 0.1) is 0 Å². The summed E-state index contributed by atoms with van der Waals surface area (Å²) in [4.78, 5) is 10.8. The molecule has 1 aromatic carbocycles. The first-order chi connectivity index (χ1) is 7.45. The summed E-state index contributed by atoms with van der Waals surface area (Å²) in [5, 5.41) is 2.20. The van der Waals surface area contributed by atoms with Crippen LogP contribution in [0.15, 0.2) is 24.3 Å². The zero-order valence-corrected chi connectivity index (χ0v) is 8.35. The second-order valence-corrected chi connectivity index (χ2v) is 2.87. The highest BCUT2D eigenvalue weighted by molar-refractivity contribution is 5.75. The highest BCUT2D eigenvalue weighted by Gasteiger charge is 2.33. The van der Waals surface area contributed by atoms with E-state index in [-0.39, 0.29) is 5.69 Å². The highest BCUT2D eigenvalue weighted by Crippen LogP contribution is 2.34. The average molecular weight is 233 g/mol. The lowest BCUT2D eigenvalue weighted by atomic mass is 10.2. The third-order valence-electron chi connectivity index (χ3n) is 1.77. The molecule has 0 atom stereocenters. The Morgan fingerprint density at radius 2 is 1.88 bits per heavy atom. The van der Waals surface area contributed by atoms with Gasteiger partial charge in [0.15, 0.2) is 0 Å². The van der Waals surface area contributed by atoms with Crippen molar-refractivity contribution in [1.82, 2.24) is 10.7 Å². The van der Waals surface area contributed by atoms with E-state index in [0.29, 0.717) is 0 Å². The van der Waals surface area contributed by atoms with Crippen molar-refractivity contribution in [2.24, 2.45) is 0 Å². The molecule has 0 spiro atoms. The molecular formula is C9H10F3N3O. The number of carbonyl (C=O) groups excluding carboxylic acids is 1. The number of carbonyl (C=O) groups is 1. The number of nitrogens with one attached hydrogen (secondary N) is 3. The van der Waals surface area contributed by atoms with Crippen molar-refractivity contribution in [2.45, 2.75) is 6.18 Å². The van der Waals surface area contributed by atoms with Crippen molar-refractivity contribution in [3.8, 4) is 0 Å². The lowest BCUT2D eigenvalue weighted by molar-refractivity contribution is -0.137. The Bertz CT molecular complexity index is 379. The number of hydrogen-bond acceptors (Lipinski definition) is 2. The van der Waals surface area contributed by atoms with Crippen LogP contribution in [0.3, 0.4) is 0 Å². The topological polar surface area (TPSA) is 53.2 Å². The summed E-state index contributed by atoms with van der Waals surface area (Å²) in [6.45, 7) is 0. The van der Waals surface area contributed by atoms with Gasteiger partial charge in [-0.2, -0.15) is 13.2 Å². The van der Waals surface area contributed by atoms with Crippen LogP contribution in [0.25, 0.3) is 0 Å². The van der Waals surface area contributed by atoms with Gasteiger partial charge in [0.25, 0.3) is 0 Å². The average Bonchev–Trinajstić information content (AvgIpc) is 2.25. The normalized spacial score (nSPS) is 10.8. The maximum atomic E-state index is 12.5. The van der Waals surface area contributed by atoms with Gasteiger partial charge in [0.05, 0.1) is 11.3 Å². The molecule has 0 fully saturated rings. The van der Waals surface area contributed by atoms with E-state index in [2.05, 4.69) is 16.2 Å². The van der Waals surface area contributed by atoms with Crippen LogP contribution < -0.4 is 16.2 Å². The Morgan fingerprint density at radius 3 is 2.44 bits per heavy atom. The summed E-state index contributed by atoms with van der Waals surface area (Å²) in [6, 6.07) is 4.22. The van der Waals surface area contributed by atoms with Crippen LogP contribution in [-0.2, 0) is 6.18 Å². The number of benzene rings is 1. The first-order valence-corrected chi connectivity index (χ1v) is 4.35. The fourth-order valence-electron chi connectivity index (χ4n) is 1.03. The number of hydrazine groups is 1. The van der Waals surface area contributed by atoms with E-state index < -0.39 is 17.8 Å². The Hall–Kier alpha value is -1.92. The maximum Gasteiger partial charge on any atom is 0.418 e. The van der Waals surface area contributed by atoms with Crippen molar-refractivity contribution < 1.29 is 18.0 Å². The molecule has 0 aliphatic carbocycles. The third kappa shape index (κ3) is 3.04. The zero-order valence-electron chi connectivity index (χ0n) is 8.35. The standard InChI is InChI=1S/C9H10F3N3O/c1-13-8(16)15-14-7-5-3-2-4-6(7)9(10,11)12/h2-5,14H,1H3,(H2,13,15,16). The maximum absolute atomic E-state index is 12.5. The smallest absolute Gasteiger partial charge is 0.340 e. The van der Waals surface area contributed by atoms with Crippen molar-refractivity contribution in [1.29, 1.82) is 0 Å². The Morgan fingerprint density at radius 1 is 1.25 bits per heavy atom. The summed E-state index contributed by atoms with van der Waals surface area (Å²) < 4.78 is 37.5. The lowest BCUT2D eigenvalue weighted by Crippen LogP contribution is -2.37. The number of hydrogen-bond donors (Lipinski definition) is 3. The fourth-order valence-corrected chi connectivity index (χ4v) is 1.03. The van der Waals surface area contributed by atoms with Gasteiger partial charge in [0, 0.05) is 7.05 Å². The number of alkyl halides is 3. The summed E-state index contributed by atoms with van der Waals surface area (Å²) in [5.74, 6) is 0. The van der Waals surface area contributed by atoms with Gasteiger partial charge in [-0.05, 0) is 12.1 Å². The molecule has 0 unspecified atom stereocenters. The Labute approximate surface area is 89.8 Å². The molecule has 16 heavy (non-hydrogen) atoms. The van der Waals surface area contributed by atoms with Gasteiger partial charge in [0.2, 0.25) is 0 Å². The quantitative estimate of drug-likeness (QED) is 0.684. The van der Waals surface area contributed by atoms with Crippen LogP contribution in [0.5, 0.6) is 0 Å². The van der Waals surface area contributed by atoms with Gasteiger partial charge in [-0.25, -0.2) is 4.79 Å². The SMILES string of the molecule is CNC(=O)NNc1ccccc1C(F)(F)F. The van der Waals surface area contributed by atoms with Crippen LogP contribution in [0.1, 0.15) is 5.56 Å². The van der Waals surface area contributed by atoms with Gasteiger partial charge in [-0.1, -0.05) is 12.1 Å². The van der Waals surface area contributed by atoms with Crippen LogP contribution in [-0.4, -0.2) is 13.1 Å². The number of rotatable bonds is 2. The largest absolute Gasteiger partial charge is 0.418 e. The predicted octanol–water partition coefficient (Wildman–Crippen LogP) is 1.96. The molecule has 4 nitrogen and oxygen atoms in total. The first kappa shape index (κ1) is 12.2. The molecule has 0 saturated heterocycles. The van der Waals surface area contributed by atoms with Crippen molar-refractivity contribution in [3.05, 3.63) is 29.8 Å². The molecule has 0 radical (unpaired) electrons. The van der Waals surface area contributed by atoms with Crippen LogP contribution in [0.2, 0.25) is 0 Å². The Kier molecular flexibility index (Phi) is 3.60. The minimum atomic E-state index is -4.46. The van der Waals surface area contributed by atoms with E-state index >= 15 is 0 Å². The molecule has 1 aromatic rings. The number of halogens is 3. The molecule has 88 valence electrons. The molecule has 0 bridgehead atoms. The minimum absolute atomic E-state index is 0.210. The van der Waals surface area contributed by atoms with Gasteiger partial charge in [0.1, 0.15) is 0 Å². The zero-order chi connectivity index (χ0) is 12.2. The molecule has 1 rings (SSSR count). The van der Waals surface area contributed by atoms with E-state index in [1.807, 2.05) is 0 Å². The molecule has 0 aliphatic heterocycles. The second kappa shape index (κ2) is 4.73. The van der Waals surface area contributed by atoms with Crippen molar-refractivity contribution in [2.75, 3.05) is 12.5 Å². The summed E-state index contributed by atoms with van der Waals surface area (Å²) >= 11 is 0. The van der Waals surface area contributed by atoms with Crippen molar-refractivity contribution in [3.63, 3.8) is 0 Å². The van der Waals surface area contributed by atoms with Gasteiger partial charge >= 0.3 is 12.2 Å². The predicted molar refractivity (Wildman–Crippen MR) is 52.7 cm³/mol. The highest BCUT2D eigenvalue weighted by atomic mass is 19.4. The van der Waals surface area contributed by atoms with E-state index in [1.165, 1.54) is 25.2 Å². The molecular weight excluding hydrogens is 223 g/mol. The summed E-state index contributed by atoms with van der Waals surface area (Å²) in [7, 11) is 1.35. The number of para-hydroxylation sites is 1. The molecule has 0 aromatic heterocycles. The van der Waals surface area contributed by atoms with E-state index in [1.54, 1.807) is 0 Å². The van der Waals surface area contributed by atoms with Gasteiger partial charge in [-0.15, -0.1) is 0 Å². The van der Waals surface area contributed by atoms with Gasteiger partial charge < -0.3 is 5.32 Å². The summed E-state index contributed by atoms with van der Waals surface area (Å²) in [6.07, 6.45) is -4.46. The number of anilines is 1. The number of urea groups is 1. The van der Waals surface area contributed by atoms with Gasteiger partial charge in [-0.3, -0.25) is 10.9 Å². The molecule has 2 amide bonds. The number of amides is 2. The van der Waals surface area contributed by atoms with Crippen LogP contribution in [0.4, 0.5) is 23.7 Å². The molecule has 3 N–H and O–H groups in total. The molecule has 0 heterocycles.